The maximum absolute atomic E-state index is 12.9. The van der Waals surface area contributed by atoms with E-state index < -0.39 is 0 Å². The Hall–Kier alpha value is -2.07. The smallest absolute Gasteiger partial charge is 0.270 e. The second-order valence-electron chi connectivity index (χ2n) is 7.14. The number of likely N-dealkylation sites (tertiary alicyclic amines) is 1. The fourth-order valence-electron chi connectivity index (χ4n) is 3.70. The lowest BCUT2D eigenvalue weighted by molar-refractivity contribution is 0.0729. The molecule has 0 bridgehead atoms. The fraction of sp³-hybridized carbons (Fsp3) is 0.476. The minimum atomic E-state index is 0.152. The van der Waals surface area contributed by atoms with Crippen molar-refractivity contribution in [2.45, 2.75) is 26.8 Å². The molecule has 1 fully saturated rings. The van der Waals surface area contributed by atoms with Crippen LogP contribution < -0.4 is 0 Å². The molecule has 0 aliphatic carbocycles. The predicted molar refractivity (Wildman–Crippen MR) is 102 cm³/mol. The zero-order chi connectivity index (χ0) is 17.8. The molecular formula is C21H29N3O. The Balaban J connectivity index is 1.57. The van der Waals surface area contributed by atoms with Crippen molar-refractivity contribution in [3.05, 3.63) is 59.4 Å². The van der Waals surface area contributed by atoms with E-state index in [-0.39, 0.29) is 5.91 Å². The molecule has 1 aliphatic rings. The quantitative estimate of drug-likeness (QED) is 0.808. The van der Waals surface area contributed by atoms with Crippen molar-refractivity contribution in [2.75, 3.05) is 26.2 Å². The van der Waals surface area contributed by atoms with E-state index in [4.69, 9.17) is 0 Å². The molecule has 2 aromatic rings. The van der Waals surface area contributed by atoms with E-state index in [0.29, 0.717) is 5.92 Å². The molecule has 1 saturated heterocycles. The minimum Gasteiger partial charge on any atom is -0.344 e. The predicted octanol–water partition coefficient (Wildman–Crippen LogP) is 3.32. The van der Waals surface area contributed by atoms with Gasteiger partial charge < -0.3 is 9.47 Å². The summed E-state index contributed by atoms with van der Waals surface area (Å²) < 4.78 is 1.99. The van der Waals surface area contributed by atoms with E-state index in [9.17, 15) is 4.79 Å². The first-order valence-electron chi connectivity index (χ1n) is 9.26. The third-order valence-corrected chi connectivity index (χ3v) is 5.36. The number of carbonyl (C=O) groups excluding carboxylic acids is 1. The van der Waals surface area contributed by atoms with Gasteiger partial charge in [-0.05, 0) is 50.4 Å². The second-order valence-corrected chi connectivity index (χ2v) is 7.14. The summed E-state index contributed by atoms with van der Waals surface area (Å²) in [6.07, 6.45) is 1.17. The monoisotopic (exact) mass is 339 g/mol. The van der Waals surface area contributed by atoms with Crippen molar-refractivity contribution in [2.24, 2.45) is 13.0 Å². The van der Waals surface area contributed by atoms with Gasteiger partial charge in [0, 0.05) is 38.9 Å². The highest BCUT2D eigenvalue weighted by atomic mass is 16.2. The van der Waals surface area contributed by atoms with E-state index in [1.54, 1.807) is 0 Å². The standard InChI is InChI=1S/C21H29N3O/c1-4-24(21(25)20-11-10-17(2)22(20)3)16-19-12-13-23(15-19)14-18-8-6-5-7-9-18/h5-11,19H,4,12-16H2,1-3H3/t19-/m1/s1. The highest BCUT2D eigenvalue weighted by Crippen LogP contribution is 2.21. The molecule has 1 atom stereocenters. The maximum atomic E-state index is 12.9. The Bertz CT molecular complexity index is 707. The molecule has 2 heterocycles. The lowest BCUT2D eigenvalue weighted by Crippen LogP contribution is -2.37. The molecular weight excluding hydrogens is 310 g/mol. The third kappa shape index (κ3) is 4.13. The van der Waals surface area contributed by atoms with Gasteiger partial charge in [-0.25, -0.2) is 0 Å². The van der Waals surface area contributed by atoms with Crippen LogP contribution in [0.2, 0.25) is 0 Å². The van der Waals surface area contributed by atoms with Crippen molar-refractivity contribution in [1.82, 2.24) is 14.4 Å². The molecule has 4 nitrogen and oxygen atoms in total. The van der Waals surface area contributed by atoms with E-state index in [2.05, 4.69) is 42.2 Å². The van der Waals surface area contributed by atoms with Crippen molar-refractivity contribution < 1.29 is 4.79 Å². The van der Waals surface area contributed by atoms with Gasteiger partial charge in [-0.2, -0.15) is 0 Å². The zero-order valence-electron chi connectivity index (χ0n) is 15.6. The zero-order valence-corrected chi connectivity index (χ0v) is 15.6. The molecule has 4 heteroatoms. The molecule has 0 unspecified atom stereocenters. The highest BCUT2D eigenvalue weighted by molar-refractivity contribution is 5.93. The molecule has 25 heavy (non-hydrogen) atoms. The second kappa shape index (κ2) is 7.87. The van der Waals surface area contributed by atoms with Crippen LogP contribution in [0.15, 0.2) is 42.5 Å². The molecule has 3 rings (SSSR count). The van der Waals surface area contributed by atoms with Gasteiger partial charge in [0.15, 0.2) is 0 Å². The number of hydrogen-bond acceptors (Lipinski definition) is 2. The summed E-state index contributed by atoms with van der Waals surface area (Å²) in [7, 11) is 1.97. The Morgan fingerprint density at radius 1 is 1.20 bits per heavy atom. The number of amides is 1. The van der Waals surface area contributed by atoms with Crippen LogP contribution in [0.1, 0.15) is 35.1 Å². The van der Waals surface area contributed by atoms with Crippen LogP contribution >= 0.6 is 0 Å². The largest absolute Gasteiger partial charge is 0.344 e. The van der Waals surface area contributed by atoms with Gasteiger partial charge in [0.05, 0.1) is 0 Å². The number of aromatic nitrogens is 1. The lowest BCUT2D eigenvalue weighted by Gasteiger charge is -2.25. The Morgan fingerprint density at radius 2 is 1.96 bits per heavy atom. The van der Waals surface area contributed by atoms with Gasteiger partial charge in [-0.3, -0.25) is 9.69 Å². The molecule has 1 aromatic heterocycles. The van der Waals surface area contributed by atoms with Crippen molar-refractivity contribution in [3.8, 4) is 0 Å². The van der Waals surface area contributed by atoms with Crippen LogP contribution in [0, 0.1) is 12.8 Å². The van der Waals surface area contributed by atoms with E-state index in [1.807, 2.05) is 35.6 Å². The van der Waals surface area contributed by atoms with Crippen molar-refractivity contribution in [3.63, 3.8) is 0 Å². The van der Waals surface area contributed by atoms with Gasteiger partial charge in [-0.1, -0.05) is 30.3 Å². The summed E-state index contributed by atoms with van der Waals surface area (Å²) in [6.45, 7) is 8.92. The Labute approximate surface area is 151 Å². The molecule has 1 aliphatic heterocycles. The van der Waals surface area contributed by atoms with Crippen LogP contribution in [0.3, 0.4) is 0 Å². The first-order chi connectivity index (χ1) is 12.1. The molecule has 134 valence electrons. The number of hydrogen-bond donors (Lipinski definition) is 0. The Morgan fingerprint density at radius 3 is 2.60 bits per heavy atom. The SMILES string of the molecule is CCN(C[C@@H]1CCN(Cc2ccccc2)C1)C(=O)c1ccc(C)n1C. The van der Waals surface area contributed by atoms with Crippen LogP contribution in [-0.2, 0) is 13.6 Å². The van der Waals surface area contributed by atoms with Gasteiger partial charge in [0.2, 0.25) is 0 Å². The summed E-state index contributed by atoms with van der Waals surface area (Å²) in [5.74, 6) is 0.716. The Kier molecular flexibility index (Phi) is 5.59. The lowest BCUT2D eigenvalue weighted by atomic mass is 10.1. The number of aryl methyl sites for hydroxylation is 1. The van der Waals surface area contributed by atoms with Crippen molar-refractivity contribution >= 4 is 5.91 Å². The van der Waals surface area contributed by atoms with Gasteiger partial charge in [-0.15, -0.1) is 0 Å². The number of carbonyl (C=O) groups is 1. The van der Waals surface area contributed by atoms with Crippen LogP contribution in [0.25, 0.3) is 0 Å². The van der Waals surface area contributed by atoms with E-state index >= 15 is 0 Å². The van der Waals surface area contributed by atoms with Crippen LogP contribution in [-0.4, -0.2) is 46.5 Å². The highest BCUT2D eigenvalue weighted by Gasteiger charge is 2.27. The van der Waals surface area contributed by atoms with Crippen molar-refractivity contribution in [1.29, 1.82) is 0 Å². The molecule has 0 saturated carbocycles. The number of rotatable bonds is 6. The fourth-order valence-corrected chi connectivity index (χ4v) is 3.70. The summed E-state index contributed by atoms with van der Waals surface area (Å²) in [6, 6.07) is 14.6. The molecule has 0 spiro atoms. The maximum Gasteiger partial charge on any atom is 0.270 e. The molecule has 0 N–H and O–H groups in total. The van der Waals surface area contributed by atoms with E-state index in [1.165, 1.54) is 12.0 Å². The normalized spacial score (nSPS) is 17.8. The topological polar surface area (TPSA) is 28.5 Å². The van der Waals surface area contributed by atoms with Gasteiger partial charge >= 0.3 is 0 Å². The van der Waals surface area contributed by atoms with Crippen LogP contribution in [0.4, 0.5) is 0 Å². The summed E-state index contributed by atoms with van der Waals surface area (Å²) in [4.78, 5) is 17.4. The average Bonchev–Trinajstić information content (AvgIpc) is 3.20. The number of nitrogens with zero attached hydrogens (tertiary/aromatic N) is 3. The third-order valence-electron chi connectivity index (χ3n) is 5.36. The average molecular weight is 339 g/mol. The van der Waals surface area contributed by atoms with Crippen LogP contribution in [0.5, 0.6) is 0 Å². The molecule has 0 radical (unpaired) electrons. The number of benzene rings is 1. The summed E-state index contributed by atoms with van der Waals surface area (Å²) in [5.41, 5.74) is 3.28. The van der Waals surface area contributed by atoms with Gasteiger partial charge in [0.25, 0.3) is 5.91 Å². The molecule has 1 amide bonds. The summed E-state index contributed by atoms with van der Waals surface area (Å²) >= 11 is 0. The molecule has 1 aromatic carbocycles. The first kappa shape index (κ1) is 17.7. The summed E-state index contributed by atoms with van der Waals surface area (Å²) in [5, 5.41) is 0. The minimum absolute atomic E-state index is 0.152. The van der Waals surface area contributed by atoms with E-state index in [0.717, 1.165) is 44.1 Å². The first-order valence-corrected chi connectivity index (χ1v) is 9.26. The van der Waals surface area contributed by atoms with Gasteiger partial charge in [0.1, 0.15) is 5.69 Å².